The van der Waals surface area contributed by atoms with Gasteiger partial charge in [-0.3, -0.25) is 4.79 Å². The van der Waals surface area contributed by atoms with Crippen molar-refractivity contribution < 1.29 is 14.3 Å². The molecule has 0 aliphatic carbocycles. The largest absolute Gasteiger partial charge is 0.493 e. The number of nitrogens with zero attached hydrogens (tertiary/aromatic N) is 2. The topological polar surface area (TPSA) is 61.9 Å². The number of hydrogen-bond acceptors (Lipinski definition) is 3. The van der Waals surface area contributed by atoms with Gasteiger partial charge in [-0.15, -0.1) is 0 Å². The van der Waals surface area contributed by atoms with Crippen LogP contribution in [0, 0.1) is 5.92 Å². The fourth-order valence-corrected chi connectivity index (χ4v) is 4.36. The van der Waals surface area contributed by atoms with Crippen LogP contribution in [0.3, 0.4) is 0 Å². The molecule has 0 saturated carbocycles. The molecule has 0 bridgehead atoms. The van der Waals surface area contributed by atoms with E-state index >= 15 is 0 Å². The molecule has 3 heterocycles. The molecule has 3 aliphatic heterocycles. The van der Waals surface area contributed by atoms with E-state index in [4.69, 9.17) is 4.74 Å². The Kier molecular flexibility index (Phi) is 5.50. The zero-order valence-electron chi connectivity index (χ0n) is 15.9. The Morgan fingerprint density at radius 3 is 2.44 bits per heavy atom. The Bertz CT molecular complexity index is 679. The van der Waals surface area contributed by atoms with Crippen molar-refractivity contribution in [3.63, 3.8) is 0 Å². The summed E-state index contributed by atoms with van der Waals surface area (Å²) in [4.78, 5) is 29.2. The second kappa shape index (κ2) is 8.19. The van der Waals surface area contributed by atoms with Gasteiger partial charge in [-0.1, -0.05) is 18.2 Å². The highest BCUT2D eigenvalue weighted by molar-refractivity contribution is 5.79. The molecule has 2 saturated heterocycles. The van der Waals surface area contributed by atoms with Crippen LogP contribution in [0.15, 0.2) is 24.3 Å². The number of rotatable bonds is 2. The third-order valence-electron chi connectivity index (χ3n) is 6.02. The van der Waals surface area contributed by atoms with Crippen molar-refractivity contribution in [2.24, 2.45) is 5.92 Å². The number of ether oxygens (including phenoxy) is 1. The number of fused-ring (bicyclic) bond motifs is 1. The molecule has 1 N–H and O–H groups in total. The first kappa shape index (κ1) is 18.1. The van der Waals surface area contributed by atoms with Crippen LogP contribution in [0.2, 0.25) is 0 Å². The smallest absolute Gasteiger partial charge is 0.319 e. The van der Waals surface area contributed by atoms with Gasteiger partial charge in [-0.25, -0.2) is 4.79 Å². The first-order valence-corrected chi connectivity index (χ1v) is 10.3. The Labute approximate surface area is 160 Å². The predicted octanol–water partition coefficient (Wildman–Crippen LogP) is 2.42. The second-order valence-corrected chi connectivity index (χ2v) is 7.89. The van der Waals surface area contributed by atoms with Crippen LogP contribution in [-0.4, -0.2) is 60.6 Å². The monoisotopic (exact) mass is 371 g/mol. The van der Waals surface area contributed by atoms with E-state index in [0.717, 1.165) is 76.0 Å². The van der Waals surface area contributed by atoms with Crippen LogP contribution in [-0.2, 0) is 11.2 Å². The number of piperidine rings is 1. The molecule has 27 heavy (non-hydrogen) atoms. The van der Waals surface area contributed by atoms with Gasteiger partial charge in [0.25, 0.3) is 0 Å². The number of amides is 3. The summed E-state index contributed by atoms with van der Waals surface area (Å²) in [5, 5.41) is 3.23. The van der Waals surface area contributed by atoms with Crippen molar-refractivity contribution in [1.82, 2.24) is 15.1 Å². The summed E-state index contributed by atoms with van der Waals surface area (Å²) in [7, 11) is 0. The number of nitrogens with one attached hydrogen (secondary N) is 1. The molecule has 0 spiro atoms. The van der Waals surface area contributed by atoms with Crippen molar-refractivity contribution in [2.75, 3.05) is 32.8 Å². The average molecular weight is 371 g/mol. The lowest BCUT2D eigenvalue weighted by Gasteiger charge is -2.35. The quantitative estimate of drug-likeness (QED) is 0.869. The lowest BCUT2D eigenvalue weighted by Crippen LogP contribution is -2.50. The first-order chi connectivity index (χ1) is 13.2. The van der Waals surface area contributed by atoms with Crippen LogP contribution in [0.5, 0.6) is 5.75 Å². The van der Waals surface area contributed by atoms with Gasteiger partial charge >= 0.3 is 6.03 Å². The van der Waals surface area contributed by atoms with Gasteiger partial charge in [0.05, 0.1) is 6.61 Å². The molecule has 1 aromatic carbocycles. The van der Waals surface area contributed by atoms with E-state index < -0.39 is 0 Å². The van der Waals surface area contributed by atoms with E-state index in [9.17, 15) is 9.59 Å². The van der Waals surface area contributed by atoms with Gasteiger partial charge < -0.3 is 19.9 Å². The van der Waals surface area contributed by atoms with E-state index in [1.165, 1.54) is 0 Å². The molecule has 2 fully saturated rings. The van der Waals surface area contributed by atoms with Crippen LogP contribution < -0.4 is 10.1 Å². The van der Waals surface area contributed by atoms with Crippen molar-refractivity contribution in [2.45, 2.75) is 44.6 Å². The highest BCUT2D eigenvalue weighted by atomic mass is 16.5. The van der Waals surface area contributed by atoms with Crippen LogP contribution >= 0.6 is 0 Å². The van der Waals surface area contributed by atoms with Crippen molar-refractivity contribution in [3.05, 3.63) is 29.8 Å². The maximum absolute atomic E-state index is 12.8. The van der Waals surface area contributed by atoms with Gasteiger partial charge in [-0.05, 0) is 50.2 Å². The Hall–Kier alpha value is -2.24. The minimum atomic E-state index is -0.0436. The van der Waals surface area contributed by atoms with Gasteiger partial charge in [0.1, 0.15) is 5.75 Å². The Morgan fingerprint density at radius 1 is 0.963 bits per heavy atom. The fraction of sp³-hybridized carbons (Fsp3) is 0.619. The molecule has 146 valence electrons. The summed E-state index contributed by atoms with van der Waals surface area (Å²) in [5.41, 5.74) is 1.11. The molecule has 0 aromatic heterocycles. The first-order valence-electron chi connectivity index (χ1n) is 10.3. The number of para-hydroxylation sites is 1. The third kappa shape index (κ3) is 4.20. The average Bonchev–Trinajstić information content (AvgIpc) is 3.14. The maximum atomic E-state index is 12.8. The zero-order valence-corrected chi connectivity index (χ0v) is 15.9. The van der Waals surface area contributed by atoms with E-state index in [1.54, 1.807) is 0 Å². The van der Waals surface area contributed by atoms with Crippen LogP contribution in [0.4, 0.5) is 4.79 Å². The molecule has 3 amide bonds. The molecule has 0 unspecified atom stereocenters. The summed E-state index contributed by atoms with van der Waals surface area (Å²) < 4.78 is 5.78. The molecular formula is C21H29N3O3. The Morgan fingerprint density at radius 2 is 1.67 bits per heavy atom. The van der Waals surface area contributed by atoms with Gasteiger partial charge in [0, 0.05) is 38.1 Å². The number of urea groups is 1. The molecule has 4 rings (SSSR count). The molecule has 1 aromatic rings. The van der Waals surface area contributed by atoms with Crippen molar-refractivity contribution in [3.8, 4) is 5.75 Å². The summed E-state index contributed by atoms with van der Waals surface area (Å²) in [6, 6.07) is 8.33. The van der Waals surface area contributed by atoms with Crippen molar-refractivity contribution in [1.29, 1.82) is 0 Å². The zero-order chi connectivity index (χ0) is 18.6. The van der Waals surface area contributed by atoms with E-state index in [0.29, 0.717) is 6.61 Å². The third-order valence-corrected chi connectivity index (χ3v) is 6.02. The predicted molar refractivity (Wildman–Crippen MR) is 103 cm³/mol. The number of carbonyl (C=O) groups is 2. The normalized spacial score (nSPS) is 23.3. The van der Waals surface area contributed by atoms with Crippen LogP contribution in [0.1, 0.15) is 37.7 Å². The SMILES string of the molecule is O=C(NC1CCN(C(=O)N2CCCC2)CC1)[C@H]1CCOc2ccccc2C1. The molecule has 0 radical (unpaired) electrons. The number of benzene rings is 1. The maximum Gasteiger partial charge on any atom is 0.319 e. The van der Waals surface area contributed by atoms with Crippen molar-refractivity contribution >= 4 is 11.9 Å². The number of carbonyl (C=O) groups excluding carboxylic acids is 2. The molecule has 6 nitrogen and oxygen atoms in total. The summed E-state index contributed by atoms with van der Waals surface area (Å²) in [6.07, 6.45) is 5.39. The highest BCUT2D eigenvalue weighted by Crippen LogP contribution is 2.27. The van der Waals surface area contributed by atoms with Crippen LogP contribution in [0.25, 0.3) is 0 Å². The number of hydrogen-bond donors (Lipinski definition) is 1. The summed E-state index contributed by atoms with van der Waals surface area (Å²) in [5.74, 6) is 0.985. The highest BCUT2D eigenvalue weighted by Gasteiger charge is 2.30. The van der Waals surface area contributed by atoms with Gasteiger partial charge in [0.15, 0.2) is 0 Å². The standard InChI is InChI=1S/C21H29N3O3/c25-20(17-9-14-27-19-6-2-1-5-16(19)15-17)22-18-7-12-24(13-8-18)21(26)23-10-3-4-11-23/h1-2,5-6,17-18H,3-4,7-15H2,(H,22,25)/t17-/m0/s1. The van der Waals surface area contributed by atoms with Gasteiger partial charge in [-0.2, -0.15) is 0 Å². The minimum Gasteiger partial charge on any atom is -0.493 e. The number of likely N-dealkylation sites (tertiary alicyclic amines) is 2. The molecule has 1 atom stereocenters. The minimum absolute atomic E-state index is 0.0436. The fourth-order valence-electron chi connectivity index (χ4n) is 4.36. The summed E-state index contributed by atoms with van der Waals surface area (Å²) >= 11 is 0. The Balaban J connectivity index is 1.27. The molecular weight excluding hydrogens is 342 g/mol. The van der Waals surface area contributed by atoms with E-state index in [1.807, 2.05) is 34.1 Å². The van der Waals surface area contributed by atoms with E-state index in [-0.39, 0.29) is 23.9 Å². The summed E-state index contributed by atoms with van der Waals surface area (Å²) in [6.45, 7) is 3.83. The lowest BCUT2D eigenvalue weighted by atomic mass is 9.95. The van der Waals surface area contributed by atoms with Gasteiger partial charge in [0.2, 0.25) is 5.91 Å². The molecule has 3 aliphatic rings. The molecule has 6 heteroatoms. The lowest BCUT2D eigenvalue weighted by molar-refractivity contribution is -0.126. The second-order valence-electron chi connectivity index (χ2n) is 7.89. The van der Waals surface area contributed by atoms with E-state index in [2.05, 4.69) is 5.32 Å².